The molecule has 1 amide bonds. The van der Waals surface area contributed by atoms with Crippen molar-refractivity contribution in [3.8, 4) is 0 Å². The number of H-pyrrole nitrogens is 1. The van der Waals surface area contributed by atoms with E-state index in [1.807, 2.05) is 31.2 Å². The Morgan fingerprint density at radius 3 is 2.79 bits per heavy atom. The third-order valence-corrected chi connectivity index (χ3v) is 4.50. The lowest BCUT2D eigenvalue weighted by molar-refractivity contribution is -0.115. The van der Waals surface area contributed by atoms with Gasteiger partial charge in [-0.25, -0.2) is 0 Å². The average Bonchev–Trinajstić information content (AvgIpc) is 2.92. The van der Waals surface area contributed by atoms with Gasteiger partial charge in [-0.1, -0.05) is 30.0 Å². The summed E-state index contributed by atoms with van der Waals surface area (Å²) < 4.78 is 1.43. The second-order valence-corrected chi connectivity index (χ2v) is 6.63. The number of carbonyl (C=O) groups is 1. The van der Waals surface area contributed by atoms with Crippen LogP contribution in [-0.2, 0) is 4.79 Å². The summed E-state index contributed by atoms with van der Waals surface area (Å²) in [5, 5.41) is 14.9. The molecule has 2 heterocycles. The molecule has 2 N–H and O–H groups in total. The number of aromatic nitrogens is 5. The minimum atomic E-state index is -0.411. The zero-order valence-corrected chi connectivity index (χ0v) is 14.2. The van der Waals surface area contributed by atoms with E-state index in [9.17, 15) is 9.59 Å². The van der Waals surface area contributed by atoms with Gasteiger partial charge >= 0.3 is 0 Å². The van der Waals surface area contributed by atoms with Crippen molar-refractivity contribution in [1.82, 2.24) is 24.8 Å². The van der Waals surface area contributed by atoms with Gasteiger partial charge in [0.2, 0.25) is 11.1 Å². The summed E-state index contributed by atoms with van der Waals surface area (Å²) in [4.78, 5) is 26.5. The number of benzene rings is 1. The highest BCUT2D eigenvalue weighted by molar-refractivity contribution is 8.00. The maximum atomic E-state index is 12.4. The lowest BCUT2D eigenvalue weighted by atomic mass is 10.2. The normalized spacial score (nSPS) is 12.3. The quantitative estimate of drug-likeness (QED) is 0.696. The molecule has 1 aromatic carbocycles. The molecule has 0 spiro atoms. The first-order chi connectivity index (χ1) is 11.5. The first-order valence-corrected chi connectivity index (χ1v) is 8.19. The molecule has 24 heavy (non-hydrogen) atoms. The molecule has 0 aliphatic heterocycles. The molecule has 0 aliphatic carbocycles. The largest absolute Gasteiger partial charge is 0.325 e. The number of hydrogen-bond acceptors (Lipinski definition) is 6. The van der Waals surface area contributed by atoms with Crippen LogP contribution in [0, 0.1) is 13.8 Å². The van der Waals surface area contributed by atoms with Crippen molar-refractivity contribution >= 4 is 29.1 Å². The predicted octanol–water partition coefficient (Wildman–Crippen LogP) is 1.55. The summed E-state index contributed by atoms with van der Waals surface area (Å²) in [5.74, 6) is 0.104. The zero-order chi connectivity index (χ0) is 17.3. The number of aryl methyl sites for hydroxylation is 2. The number of hydrogen-bond donors (Lipinski definition) is 2. The predicted molar refractivity (Wildman–Crippen MR) is 91.3 cm³/mol. The molecule has 0 saturated heterocycles. The topological polar surface area (TPSA) is 105 Å². The van der Waals surface area contributed by atoms with E-state index >= 15 is 0 Å². The van der Waals surface area contributed by atoms with Gasteiger partial charge in [-0.05, 0) is 32.4 Å². The van der Waals surface area contributed by atoms with Crippen LogP contribution < -0.4 is 10.9 Å². The number of thioether (sulfide) groups is 1. The van der Waals surface area contributed by atoms with Crippen molar-refractivity contribution < 1.29 is 4.79 Å². The first-order valence-electron chi connectivity index (χ1n) is 7.31. The second-order valence-electron chi connectivity index (χ2n) is 5.32. The monoisotopic (exact) mass is 344 g/mol. The molecular weight excluding hydrogens is 328 g/mol. The Hall–Kier alpha value is -2.68. The molecule has 0 fully saturated rings. The third-order valence-electron chi connectivity index (χ3n) is 3.47. The van der Waals surface area contributed by atoms with Crippen LogP contribution in [0.1, 0.15) is 18.2 Å². The van der Waals surface area contributed by atoms with Gasteiger partial charge in [0.15, 0.2) is 0 Å². The smallest absolute Gasteiger partial charge is 0.273 e. The number of carbonyl (C=O) groups excluding carboxylic acids is 1. The average molecular weight is 344 g/mol. The summed E-state index contributed by atoms with van der Waals surface area (Å²) >= 11 is 1.22. The first kappa shape index (κ1) is 16.2. The molecule has 1 atom stereocenters. The van der Waals surface area contributed by atoms with Gasteiger partial charge in [-0.2, -0.15) is 9.61 Å². The van der Waals surface area contributed by atoms with Gasteiger partial charge in [0.25, 0.3) is 11.3 Å². The molecule has 8 nitrogen and oxygen atoms in total. The fourth-order valence-electron chi connectivity index (χ4n) is 2.05. The highest BCUT2D eigenvalue weighted by atomic mass is 32.2. The number of fused-ring (bicyclic) bond motifs is 1. The van der Waals surface area contributed by atoms with Crippen LogP contribution in [0.4, 0.5) is 5.69 Å². The van der Waals surface area contributed by atoms with Crippen molar-refractivity contribution in [3.05, 3.63) is 45.9 Å². The van der Waals surface area contributed by atoms with Crippen LogP contribution >= 0.6 is 11.8 Å². The van der Waals surface area contributed by atoms with E-state index in [0.717, 1.165) is 11.3 Å². The van der Waals surface area contributed by atoms with E-state index in [4.69, 9.17) is 0 Å². The van der Waals surface area contributed by atoms with Gasteiger partial charge in [-0.15, -0.1) is 10.2 Å². The van der Waals surface area contributed by atoms with Gasteiger partial charge in [-0.3, -0.25) is 14.6 Å². The summed E-state index contributed by atoms with van der Waals surface area (Å²) in [7, 11) is 0. The maximum absolute atomic E-state index is 12.4. The van der Waals surface area contributed by atoms with Crippen molar-refractivity contribution in [2.75, 3.05) is 5.32 Å². The molecule has 0 saturated carbocycles. The number of amides is 1. The molecular formula is C15H16N6O2S. The van der Waals surface area contributed by atoms with E-state index in [1.54, 1.807) is 13.8 Å². The van der Waals surface area contributed by atoms with Crippen molar-refractivity contribution in [2.24, 2.45) is 0 Å². The Morgan fingerprint density at radius 2 is 2.04 bits per heavy atom. The molecule has 3 aromatic rings. The van der Waals surface area contributed by atoms with Gasteiger partial charge < -0.3 is 5.32 Å². The summed E-state index contributed by atoms with van der Waals surface area (Å²) in [6, 6.07) is 7.57. The van der Waals surface area contributed by atoms with E-state index in [0.29, 0.717) is 10.9 Å². The number of nitrogens with zero attached hydrogens (tertiary/aromatic N) is 4. The van der Waals surface area contributed by atoms with Crippen molar-refractivity contribution in [3.63, 3.8) is 0 Å². The maximum Gasteiger partial charge on any atom is 0.273 e. The molecule has 9 heteroatoms. The van der Waals surface area contributed by atoms with Gasteiger partial charge in [0, 0.05) is 5.69 Å². The molecule has 1 unspecified atom stereocenters. The minimum Gasteiger partial charge on any atom is -0.325 e. The highest BCUT2D eigenvalue weighted by Gasteiger charge is 2.19. The van der Waals surface area contributed by atoms with Gasteiger partial charge in [0.05, 0.1) is 5.25 Å². The fraction of sp³-hybridized carbons (Fsp3) is 0.267. The minimum absolute atomic E-state index is 0.146. The number of para-hydroxylation sites is 1. The molecule has 2 aromatic heterocycles. The molecule has 3 rings (SSSR count). The molecule has 0 radical (unpaired) electrons. The van der Waals surface area contributed by atoms with Gasteiger partial charge in [0.1, 0.15) is 5.69 Å². The highest BCUT2D eigenvalue weighted by Crippen LogP contribution is 2.22. The second kappa shape index (κ2) is 6.44. The zero-order valence-electron chi connectivity index (χ0n) is 13.4. The molecule has 124 valence electrons. The van der Waals surface area contributed by atoms with Crippen LogP contribution in [0.5, 0.6) is 0 Å². The number of anilines is 1. The molecule has 0 bridgehead atoms. The van der Waals surface area contributed by atoms with E-state index in [-0.39, 0.29) is 17.2 Å². The fourth-order valence-corrected chi connectivity index (χ4v) is 2.85. The summed E-state index contributed by atoms with van der Waals surface area (Å²) in [6.07, 6.45) is 0. The molecule has 0 aliphatic rings. The lowest BCUT2D eigenvalue weighted by Crippen LogP contribution is -2.23. The number of aromatic amines is 1. The Kier molecular flexibility index (Phi) is 4.34. The number of nitrogens with one attached hydrogen (secondary N) is 2. The number of rotatable bonds is 4. The van der Waals surface area contributed by atoms with Crippen molar-refractivity contribution in [2.45, 2.75) is 31.2 Å². The van der Waals surface area contributed by atoms with Crippen LogP contribution in [0.3, 0.4) is 0 Å². The Balaban J connectivity index is 1.78. The Labute approximate surface area is 141 Å². The van der Waals surface area contributed by atoms with Crippen LogP contribution in [0.15, 0.2) is 34.2 Å². The third kappa shape index (κ3) is 3.16. The lowest BCUT2D eigenvalue weighted by Gasteiger charge is -2.12. The summed E-state index contributed by atoms with van der Waals surface area (Å²) in [6.45, 7) is 5.31. The Morgan fingerprint density at radius 1 is 1.29 bits per heavy atom. The van der Waals surface area contributed by atoms with E-state index < -0.39 is 5.25 Å². The van der Waals surface area contributed by atoms with Crippen LogP contribution in [-0.4, -0.2) is 36.0 Å². The van der Waals surface area contributed by atoms with Crippen molar-refractivity contribution in [1.29, 1.82) is 0 Å². The Bertz CT molecular complexity index is 964. The van der Waals surface area contributed by atoms with Crippen LogP contribution in [0.2, 0.25) is 0 Å². The standard InChI is InChI=1S/C15H16N6O2S/c1-8-6-4-5-7-11(8)16-13(23)10(3)24-15-19-18-14-17-12(22)9(2)20-21(14)15/h4-7,10H,1-3H3,(H,16,23)(H,17,18,22). The van der Waals surface area contributed by atoms with E-state index in [1.165, 1.54) is 16.3 Å². The summed E-state index contributed by atoms with van der Waals surface area (Å²) in [5.41, 5.74) is 1.77. The van der Waals surface area contributed by atoms with E-state index in [2.05, 4.69) is 25.6 Å². The SMILES string of the molecule is Cc1ccccc1NC(=O)C(C)Sc1nnc2[nH]c(=O)c(C)nn12. The van der Waals surface area contributed by atoms with Crippen LogP contribution in [0.25, 0.3) is 5.78 Å².